The van der Waals surface area contributed by atoms with Crippen molar-refractivity contribution in [3.8, 4) is 5.75 Å². The molecule has 6 heteroatoms. The Bertz CT molecular complexity index is 759. The number of anilines is 1. The van der Waals surface area contributed by atoms with Crippen molar-refractivity contribution in [2.45, 2.75) is 26.7 Å². The molecule has 0 radical (unpaired) electrons. The van der Waals surface area contributed by atoms with Crippen molar-refractivity contribution in [2.24, 2.45) is 0 Å². The number of hydrogen-bond acceptors (Lipinski definition) is 4. The molecule has 2 aromatic carbocycles. The van der Waals surface area contributed by atoms with Crippen LogP contribution in [0.3, 0.4) is 0 Å². The summed E-state index contributed by atoms with van der Waals surface area (Å²) < 4.78 is 10.8. The van der Waals surface area contributed by atoms with Crippen molar-refractivity contribution in [3.63, 3.8) is 0 Å². The molecule has 0 aliphatic carbocycles. The van der Waals surface area contributed by atoms with E-state index in [0.717, 1.165) is 12.8 Å². The molecule has 0 spiro atoms. The number of carbonyl (C=O) groups excluding carboxylic acids is 2. The standard InChI is InChI=1S/C22H28N2O4/c1-3-5-13-23-21(25)18-7-6-8-19(16-18)24-22(26)17-9-11-20(12-10-17)28-15-14-27-4-2/h6-12,16H,3-5,13-15H2,1-2H3,(H,23,25)(H,24,26). The molecule has 0 aromatic heterocycles. The van der Waals surface area contributed by atoms with E-state index in [1.54, 1.807) is 48.5 Å². The van der Waals surface area contributed by atoms with Gasteiger partial charge in [0.15, 0.2) is 0 Å². The molecule has 2 aromatic rings. The smallest absolute Gasteiger partial charge is 0.255 e. The first-order valence-corrected chi connectivity index (χ1v) is 9.64. The quantitative estimate of drug-likeness (QED) is 0.577. The minimum absolute atomic E-state index is 0.141. The predicted octanol–water partition coefficient (Wildman–Crippen LogP) is 3.88. The minimum atomic E-state index is -0.246. The molecule has 2 rings (SSSR count). The Labute approximate surface area is 166 Å². The molecule has 0 fully saturated rings. The highest BCUT2D eigenvalue weighted by Crippen LogP contribution is 2.15. The summed E-state index contributed by atoms with van der Waals surface area (Å²) in [6.07, 6.45) is 1.96. The number of unbranched alkanes of at least 4 members (excludes halogenated alkanes) is 1. The summed E-state index contributed by atoms with van der Waals surface area (Å²) in [7, 11) is 0. The molecule has 2 N–H and O–H groups in total. The van der Waals surface area contributed by atoms with Crippen LogP contribution in [0.2, 0.25) is 0 Å². The second-order valence-corrected chi connectivity index (χ2v) is 6.21. The summed E-state index contributed by atoms with van der Waals surface area (Å²) in [5, 5.41) is 5.69. The van der Waals surface area contributed by atoms with Gasteiger partial charge in [0.25, 0.3) is 11.8 Å². The van der Waals surface area contributed by atoms with Gasteiger partial charge in [-0.1, -0.05) is 19.4 Å². The number of nitrogens with one attached hydrogen (secondary N) is 2. The normalized spacial score (nSPS) is 10.4. The van der Waals surface area contributed by atoms with Crippen molar-refractivity contribution >= 4 is 17.5 Å². The van der Waals surface area contributed by atoms with Gasteiger partial charge in [-0.25, -0.2) is 0 Å². The van der Waals surface area contributed by atoms with Crippen LogP contribution in [0.4, 0.5) is 5.69 Å². The van der Waals surface area contributed by atoms with E-state index >= 15 is 0 Å². The van der Waals surface area contributed by atoms with Gasteiger partial charge in [-0.2, -0.15) is 0 Å². The number of carbonyl (C=O) groups is 2. The zero-order valence-electron chi connectivity index (χ0n) is 16.5. The first-order chi connectivity index (χ1) is 13.6. The van der Waals surface area contributed by atoms with Crippen LogP contribution in [0.25, 0.3) is 0 Å². The lowest BCUT2D eigenvalue weighted by molar-refractivity contribution is 0.0951. The number of benzene rings is 2. The van der Waals surface area contributed by atoms with Crippen LogP contribution in [0.15, 0.2) is 48.5 Å². The van der Waals surface area contributed by atoms with Gasteiger partial charge in [0.2, 0.25) is 0 Å². The molecule has 0 saturated heterocycles. The molecule has 0 aliphatic heterocycles. The maximum Gasteiger partial charge on any atom is 0.255 e. The number of ether oxygens (including phenoxy) is 2. The molecule has 0 saturated carbocycles. The van der Waals surface area contributed by atoms with Gasteiger partial charge in [-0.3, -0.25) is 9.59 Å². The number of hydrogen-bond donors (Lipinski definition) is 2. The van der Waals surface area contributed by atoms with E-state index in [1.807, 2.05) is 6.92 Å². The zero-order chi connectivity index (χ0) is 20.2. The molecule has 0 bridgehead atoms. The summed E-state index contributed by atoms with van der Waals surface area (Å²) in [6.45, 7) is 6.30. The van der Waals surface area contributed by atoms with Gasteiger partial charge in [0, 0.05) is 30.0 Å². The first-order valence-electron chi connectivity index (χ1n) is 9.64. The Morgan fingerprint density at radius 2 is 1.71 bits per heavy atom. The fourth-order valence-corrected chi connectivity index (χ4v) is 2.49. The van der Waals surface area contributed by atoms with Gasteiger partial charge in [-0.05, 0) is 55.8 Å². The van der Waals surface area contributed by atoms with Crippen LogP contribution in [-0.4, -0.2) is 38.2 Å². The van der Waals surface area contributed by atoms with E-state index in [1.165, 1.54) is 0 Å². The van der Waals surface area contributed by atoms with Crippen LogP contribution in [0, 0.1) is 0 Å². The van der Waals surface area contributed by atoms with E-state index in [-0.39, 0.29) is 11.8 Å². The van der Waals surface area contributed by atoms with Crippen molar-refractivity contribution in [2.75, 3.05) is 31.7 Å². The van der Waals surface area contributed by atoms with E-state index < -0.39 is 0 Å². The molecule has 0 aliphatic rings. The molecular formula is C22H28N2O4. The number of amides is 2. The van der Waals surface area contributed by atoms with Gasteiger partial charge in [-0.15, -0.1) is 0 Å². The van der Waals surface area contributed by atoms with Crippen LogP contribution < -0.4 is 15.4 Å². The topological polar surface area (TPSA) is 76.7 Å². The van der Waals surface area contributed by atoms with Crippen LogP contribution in [-0.2, 0) is 4.74 Å². The second kappa shape index (κ2) is 11.8. The molecule has 0 heterocycles. The van der Waals surface area contributed by atoms with Crippen LogP contribution >= 0.6 is 0 Å². The zero-order valence-corrected chi connectivity index (χ0v) is 16.5. The lowest BCUT2D eigenvalue weighted by Gasteiger charge is -2.09. The third-order valence-electron chi connectivity index (χ3n) is 4.02. The Balaban J connectivity index is 1.91. The minimum Gasteiger partial charge on any atom is -0.491 e. The predicted molar refractivity (Wildman–Crippen MR) is 110 cm³/mol. The molecule has 2 amide bonds. The first kappa shape index (κ1) is 21.4. The molecule has 0 atom stereocenters. The SMILES string of the molecule is CCCCNC(=O)c1cccc(NC(=O)c2ccc(OCCOCC)cc2)c1. The summed E-state index contributed by atoms with van der Waals surface area (Å²) in [5.74, 6) is 0.296. The molecule has 28 heavy (non-hydrogen) atoms. The largest absolute Gasteiger partial charge is 0.491 e. The van der Waals surface area contributed by atoms with E-state index in [2.05, 4.69) is 17.6 Å². The van der Waals surface area contributed by atoms with Gasteiger partial charge in [0.05, 0.1) is 6.61 Å². The summed E-state index contributed by atoms with van der Waals surface area (Å²) in [6, 6.07) is 13.8. The molecule has 0 unspecified atom stereocenters. The highest BCUT2D eigenvalue weighted by molar-refractivity contribution is 6.05. The molecular weight excluding hydrogens is 356 g/mol. The van der Waals surface area contributed by atoms with E-state index in [9.17, 15) is 9.59 Å². The van der Waals surface area contributed by atoms with Gasteiger partial charge < -0.3 is 20.1 Å². The van der Waals surface area contributed by atoms with Gasteiger partial charge >= 0.3 is 0 Å². The Hall–Kier alpha value is -2.86. The summed E-state index contributed by atoms with van der Waals surface area (Å²) in [4.78, 5) is 24.6. The Morgan fingerprint density at radius 3 is 2.43 bits per heavy atom. The monoisotopic (exact) mass is 384 g/mol. The average Bonchev–Trinajstić information content (AvgIpc) is 2.72. The Kier molecular flexibility index (Phi) is 9.01. The van der Waals surface area contributed by atoms with Crippen molar-refractivity contribution in [1.82, 2.24) is 5.32 Å². The van der Waals surface area contributed by atoms with Crippen LogP contribution in [0.5, 0.6) is 5.75 Å². The van der Waals surface area contributed by atoms with Crippen LogP contribution in [0.1, 0.15) is 47.4 Å². The lowest BCUT2D eigenvalue weighted by atomic mass is 10.1. The third-order valence-corrected chi connectivity index (χ3v) is 4.02. The van der Waals surface area contributed by atoms with E-state index in [0.29, 0.717) is 48.9 Å². The van der Waals surface area contributed by atoms with Gasteiger partial charge in [0.1, 0.15) is 12.4 Å². The Morgan fingerprint density at radius 1 is 0.929 bits per heavy atom. The highest BCUT2D eigenvalue weighted by atomic mass is 16.5. The number of rotatable bonds is 11. The second-order valence-electron chi connectivity index (χ2n) is 6.21. The van der Waals surface area contributed by atoms with Crippen molar-refractivity contribution < 1.29 is 19.1 Å². The average molecular weight is 384 g/mol. The lowest BCUT2D eigenvalue weighted by Crippen LogP contribution is -2.24. The summed E-state index contributed by atoms with van der Waals surface area (Å²) >= 11 is 0. The summed E-state index contributed by atoms with van der Waals surface area (Å²) in [5.41, 5.74) is 1.60. The maximum atomic E-state index is 12.4. The third kappa shape index (κ3) is 7.04. The molecule has 150 valence electrons. The fraction of sp³-hybridized carbons (Fsp3) is 0.364. The highest BCUT2D eigenvalue weighted by Gasteiger charge is 2.09. The molecule has 6 nitrogen and oxygen atoms in total. The van der Waals surface area contributed by atoms with E-state index in [4.69, 9.17) is 9.47 Å². The fourth-order valence-electron chi connectivity index (χ4n) is 2.49. The maximum absolute atomic E-state index is 12.4. The van der Waals surface area contributed by atoms with Crippen molar-refractivity contribution in [1.29, 1.82) is 0 Å². The van der Waals surface area contributed by atoms with Crippen molar-refractivity contribution in [3.05, 3.63) is 59.7 Å².